The monoisotopic (exact) mass is 559 g/mol. The molecule has 0 bridgehead atoms. The van der Waals surface area contributed by atoms with Crippen LogP contribution in [0.2, 0.25) is 0 Å². The zero-order valence-electron chi connectivity index (χ0n) is 23.5. The second-order valence-electron chi connectivity index (χ2n) is 10.2. The van der Waals surface area contributed by atoms with E-state index in [9.17, 15) is 19.2 Å². The number of aromatic nitrogens is 2. The fourth-order valence-electron chi connectivity index (χ4n) is 3.12. The molecule has 1 aromatic heterocycles. The molecule has 1 saturated heterocycles. The lowest BCUT2D eigenvalue weighted by atomic mass is 10.1. The van der Waals surface area contributed by atoms with Gasteiger partial charge in [0.1, 0.15) is 12.7 Å². The van der Waals surface area contributed by atoms with E-state index in [1.165, 1.54) is 75.1 Å². The molecule has 0 radical (unpaired) electrons. The maximum Gasteiger partial charge on any atom is 0.351 e. The molecule has 1 aliphatic rings. The minimum Gasteiger partial charge on any atom is -0.461 e. The molecule has 0 spiro atoms. The number of esters is 3. The van der Waals surface area contributed by atoms with E-state index in [0.717, 1.165) is 4.57 Å². The molecule has 2 N–H and O–H groups in total. The van der Waals surface area contributed by atoms with Crippen LogP contribution in [0.1, 0.15) is 47.8 Å². The first-order valence-electron chi connectivity index (χ1n) is 11.9. The van der Waals surface area contributed by atoms with Crippen molar-refractivity contribution in [3.05, 3.63) is 22.7 Å². The van der Waals surface area contributed by atoms with Crippen molar-refractivity contribution in [2.75, 3.05) is 33.4 Å². The first kappa shape index (κ1) is 32.1. The molecule has 15 heteroatoms. The number of hydrogen-bond donors (Lipinski definition) is 2. The maximum absolute atomic E-state index is 13.0. The Kier molecular flexibility index (Phi) is 10.2. The van der Waals surface area contributed by atoms with Crippen molar-refractivity contribution in [3.63, 3.8) is 0 Å². The highest BCUT2D eigenvalue weighted by atomic mass is 16.7. The molecular formula is C24H37N3O12. The third-order valence-corrected chi connectivity index (χ3v) is 6.37. The molecule has 2 heterocycles. The zero-order valence-corrected chi connectivity index (χ0v) is 23.5. The van der Waals surface area contributed by atoms with E-state index < -0.39 is 71.5 Å². The molecule has 0 aliphatic carbocycles. The molecule has 1 fully saturated rings. The third kappa shape index (κ3) is 7.30. The van der Waals surface area contributed by atoms with Crippen molar-refractivity contribution in [1.82, 2.24) is 9.55 Å². The van der Waals surface area contributed by atoms with Gasteiger partial charge in [-0.1, -0.05) is 0 Å². The Balaban J connectivity index is 2.57. The Morgan fingerprint density at radius 1 is 0.923 bits per heavy atom. The molecule has 0 aromatic carbocycles. The number of ether oxygens (including phenoxy) is 7. The average molecular weight is 560 g/mol. The summed E-state index contributed by atoms with van der Waals surface area (Å²) < 4.78 is 39.3. The normalized spacial score (nSPS) is 21.8. The Bertz CT molecular complexity index is 1100. The number of carbonyl (C=O) groups is 3. The number of anilines is 1. The minimum absolute atomic E-state index is 0.152. The largest absolute Gasteiger partial charge is 0.461 e. The Morgan fingerprint density at radius 3 is 1.87 bits per heavy atom. The van der Waals surface area contributed by atoms with Crippen LogP contribution in [0.4, 0.5) is 5.82 Å². The summed E-state index contributed by atoms with van der Waals surface area (Å²) in [5.41, 5.74) is -3.28. The van der Waals surface area contributed by atoms with Gasteiger partial charge in [-0.05, 0) is 47.6 Å². The fraction of sp³-hybridized carbons (Fsp3) is 0.708. The highest BCUT2D eigenvalue weighted by molar-refractivity contribution is 5.80. The van der Waals surface area contributed by atoms with Crippen LogP contribution in [0.5, 0.6) is 0 Å². The number of carbonyl (C=O) groups excluding carboxylic acids is 3. The van der Waals surface area contributed by atoms with E-state index >= 15 is 0 Å². The average Bonchev–Trinajstić information content (AvgIpc) is 3.22. The lowest BCUT2D eigenvalue weighted by Crippen LogP contribution is -2.49. The van der Waals surface area contributed by atoms with E-state index in [-0.39, 0.29) is 5.82 Å². The van der Waals surface area contributed by atoms with Crippen LogP contribution in [-0.2, 0) is 47.5 Å². The van der Waals surface area contributed by atoms with Gasteiger partial charge in [0, 0.05) is 27.5 Å². The quantitative estimate of drug-likeness (QED) is 0.206. The van der Waals surface area contributed by atoms with Crippen molar-refractivity contribution in [2.45, 2.75) is 82.9 Å². The predicted octanol–water partition coefficient (Wildman–Crippen LogP) is 0.584. The Labute approximate surface area is 225 Å². The molecule has 1 aromatic rings. The van der Waals surface area contributed by atoms with Crippen LogP contribution in [0.25, 0.3) is 0 Å². The Morgan fingerprint density at radius 2 is 1.41 bits per heavy atom. The van der Waals surface area contributed by atoms with Crippen LogP contribution >= 0.6 is 0 Å². The topological polar surface area (TPSA) is 183 Å². The Hall–Kier alpha value is -3.11. The van der Waals surface area contributed by atoms with Crippen LogP contribution in [0.3, 0.4) is 0 Å². The summed E-state index contributed by atoms with van der Waals surface area (Å²) in [6, 6.07) is 1.26. The van der Waals surface area contributed by atoms with Gasteiger partial charge < -0.3 is 33.2 Å². The maximum atomic E-state index is 13.0. The molecule has 4 atom stereocenters. The van der Waals surface area contributed by atoms with Gasteiger partial charge in [-0.15, -0.1) is 0 Å². The predicted molar refractivity (Wildman–Crippen MR) is 132 cm³/mol. The van der Waals surface area contributed by atoms with Gasteiger partial charge in [-0.25, -0.2) is 19.2 Å². The first-order chi connectivity index (χ1) is 18.0. The van der Waals surface area contributed by atoms with Gasteiger partial charge in [-0.2, -0.15) is 4.98 Å². The molecule has 2 rings (SSSR count). The summed E-state index contributed by atoms with van der Waals surface area (Å²) in [5, 5.41) is 9.09. The van der Waals surface area contributed by atoms with Gasteiger partial charge in [-0.3, -0.25) is 15.3 Å². The highest BCUT2D eigenvalue weighted by Crippen LogP contribution is 2.35. The number of rotatable bonds is 12. The van der Waals surface area contributed by atoms with Gasteiger partial charge in [0.15, 0.2) is 41.1 Å². The van der Waals surface area contributed by atoms with Crippen LogP contribution in [0.15, 0.2) is 17.1 Å². The SMILES string of the molecule is COC(C)(C)C(=O)OC[C@H]1O[C@@H](n2ccc(NO)nc2=O)[C@H](OC(=O)C(C)(C)OC)[C@@H]1OC(=O)C(C)(C)OC. The zero-order chi connectivity index (χ0) is 29.8. The second-order valence-corrected chi connectivity index (χ2v) is 10.2. The molecule has 1 aliphatic heterocycles. The summed E-state index contributed by atoms with van der Waals surface area (Å²) in [5.74, 6) is -2.60. The van der Waals surface area contributed by atoms with Crippen LogP contribution in [0, 0.1) is 0 Å². The third-order valence-electron chi connectivity index (χ3n) is 6.37. The standard InChI is InChI=1S/C24H37N3O12/c1-22(2,33-7)18(28)36-12-13-15(38-19(29)23(3,4)34-8)16(39-20(30)24(5,6)35-9)17(37-13)27-11-10-14(26-32)25-21(27)31/h10-11,13,15-17,32H,12H2,1-9H3,(H,25,26,31)/t13-,15-,16-,17-/m1/s1. The molecule has 0 amide bonds. The summed E-state index contributed by atoms with van der Waals surface area (Å²) in [4.78, 5) is 55.0. The van der Waals surface area contributed by atoms with Crippen molar-refractivity contribution >= 4 is 23.7 Å². The van der Waals surface area contributed by atoms with Crippen molar-refractivity contribution in [2.24, 2.45) is 0 Å². The van der Waals surface area contributed by atoms with Crippen LogP contribution < -0.4 is 11.2 Å². The summed E-state index contributed by atoms with van der Waals surface area (Å²) in [6.45, 7) is 8.35. The number of nitrogens with one attached hydrogen (secondary N) is 1. The van der Waals surface area contributed by atoms with Crippen molar-refractivity contribution < 1.29 is 52.7 Å². The molecule has 0 unspecified atom stereocenters. The molecular weight excluding hydrogens is 522 g/mol. The van der Waals surface area contributed by atoms with Gasteiger partial charge >= 0.3 is 23.6 Å². The van der Waals surface area contributed by atoms with E-state index in [0.29, 0.717) is 0 Å². The van der Waals surface area contributed by atoms with E-state index in [1.54, 1.807) is 5.48 Å². The van der Waals surface area contributed by atoms with Gasteiger partial charge in [0.2, 0.25) is 0 Å². The minimum atomic E-state index is -1.44. The smallest absolute Gasteiger partial charge is 0.351 e. The molecule has 220 valence electrons. The van der Waals surface area contributed by atoms with Crippen molar-refractivity contribution in [3.8, 4) is 0 Å². The van der Waals surface area contributed by atoms with E-state index in [1.807, 2.05) is 0 Å². The fourth-order valence-corrected chi connectivity index (χ4v) is 3.12. The summed E-state index contributed by atoms with van der Waals surface area (Å²) >= 11 is 0. The van der Waals surface area contributed by atoms with Gasteiger partial charge in [0.05, 0.1) is 0 Å². The lowest BCUT2D eigenvalue weighted by molar-refractivity contribution is -0.190. The summed E-state index contributed by atoms with van der Waals surface area (Å²) in [6.07, 6.45) is -4.20. The second kappa shape index (κ2) is 12.4. The molecule has 15 nitrogen and oxygen atoms in total. The lowest BCUT2D eigenvalue weighted by Gasteiger charge is -2.30. The number of hydrogen-bond acceptors (Lipinski definition) is 14. The van der Waals surface area contributed by atoms with Crippen LogP contribution in [-0.4, -0.2) is 95.7 Å². The molecule has 0 saturated carbocycles. The molecule has 39 heavy (non-hydrogen) atoms. The first-order valence-corrected chi connectivity index (χ1v) is 11.9. The van der Waals surface area contributed by atoms with E-state index in [4.69, 9.17) is 38.4 Å². The highest BCUT2D eigenvalue weighted by Gasteiger charge is 2.53. The summed E-state index contributed by atoms with van der Waals surface area (Å²) in [7, 11) is 3.94. The van der Waals surface area contributed by atoms with Crippen molar-refractivity contribution in [1.29, 1.82) is 0 Å². The number of methoxy groups -OCH3 is 3. The van der Waals surface area contributed by atoms with Gasteiger partial charge in [0.25, 0.3) is 0 Å². The number of nitrogens with zero attached hydrogens (tertiary/aromatic N) is 2. The van der Waals surface area contributed by atoms with E-state index in [2.05, 4.69) is 4.98 Å².